The summed E-state index contributed by atoms with van der Waals surface area (Å²) in [6.07, 6.45) is 2.33. The quantitative estimate of drug-likeness (QED) is 0.322. The van der Waals surface area contributed by atoms with Gasteiger partial charge in [-0.1, -0.05) is 6.92 Å². The van der Waals surface area contributed by atoms with Gasteiger partial charge in [-0.25, -0.2) is 9.78 Å². The number of anilines is 3. The van der Waals surface area contributed by atoms with Gasteiger partial charge in [0.15, 0.2) is 5.84 Å². The lowest BCUT2D eigenvalue weighted by Crippen LogP contribution is -2.45. The SMILES string of the molecule is CC1CCC(C)(C(=O)N=C(N)c2cc(OC3CCN(C(=O)OC(C)(C)C)CC3)cc(N3CCN(C)CC3)n2)c2c1sc(N)c2N. The van der Waals surface area contributed by atoms with E-state index in [1.54, 1.807) is 11.0 Å². The Morgan fingerprint density at radius 3 is 2.38 bits per heavy atom. The molecule has 5 rings (SSSR count). The van der Waals surface area contributed by atoms with Crippen LogP contribution in [0.15, 0.2) is 17.1 Å². The van der Waals surface area contributed by atoms with Gasteiger partial charge in [0.05, 0.1) is 11.1 Å². The molecule has 45 heavy (non-hydrogen) atoms. The highest BCUT2D eigenvalue weighted by atomic mass is 32.1. The molecular formula is C32H48N8O4S. The topological polar surface area (TPSA) is 166 Å². The fraction of sp³-hybridized carbons (Fsp3) is 0.625. The number of likely N-dealkylation sites (tertiary alicyclic amines) is 1. The van der Waals surface area contributed by atoms with E-state index in [-0.39, 0.29) is 29.9 Å². The van der Waals surface area contributed by atoms with Gasteiger partial charge in [0.2, 0.25) is 0 Å². The van der Waals surface area contributed by atoms with Crippen LogP contribution in [0.5, 0.6) is 5.75 Å². The van der Waals surface area contributed by atoms with Gasteiger partial charge in [0, 0.05) is 74.7 Å². The van der Waals surface area contributed by atoms with E-state index in [1.165, 1.54) is 11.3 Å². The molecule has 2 aromatic heterocycles. The monoisotopic (exact) mass is 640 g/mol. The number of aliphatic imine (C=N–C) groups is 1. The molecule has 0 bridgehead atoms. The second-order valence-corrected chi connectivity index (χ2v) is 14.9. The molecule has 2 atom stereocenters. The first-order valence-electron chi connectivity index (χ1n) is 15.8. The van der Waals surface area contributed by atoms with Crippen LogP contribution in [0.2, 0.25) is 0 Å². The number of hydrogen-bond acceptors (Lipinski definition) is 10. The van der Waals surface area contributed by atoms with Crippen molar-refractivity contribution in [2.45, 2.75) is 83.3 Å². The van der Waals surface area contributed by atoms with E-state index in [4.69, 9.17) is 31.7 Å². The van der Waals surface area contributed by atoms with Gasteiger partial charge in [0.1, 0.15) is 34.0 Å². The maximum atomic E-state index is 13.9. The first-order valence-corrected chi connectivity index (χ1v) is 16.6. The summed E-state index contributed by atoms with van der Waals surface area (Å²) < 4.78 is 12.0. The van der Waals surface area contributed by atoms with Gasteiger partial charge in [-0.2, -0.15) is 4.99 Å². The zero-order valence-electron chi connectivity index (χ0n) is 27.4. The van der Waals surface area contributed by atoms with Crippen molar-refractivity contribution in [1.29, 1.82) is 0 Å². The molecule has 2 saturated heterocycles. The molecule has 246 valence electrons. The van der Waals surface area contributed by atoms with Crippen LogP contribution >= 0.6 is 11.3 Å². The van der Waals surface area contributed by atoms with Gasteiger partial charge < -0.3 is 41.4 Å². The molecule has 2 aromatic rings. The van der Waals surface area contributed by atoms with E-state index in [9.17, 15) is 9.59 Å². The highest BCUT2D eigenvalue weighted by molar-refractivity contribution is 7.17. The number of piperidine rings is 1. The number of rotatable bonds is 5. The average Bonchev–Trinajstić information content (AvgIpc) is 3.29. The molecule has 2 fully saturated rings. The van der Waals surface area contributed by atoms with Crippen LogP contribution in [-0.4, -0.2) is 90.6 Å². The summed E-state index contributed by atoms with van der Waals surface area (Å²) >= 11 is 1.45. The van der Waals surface area contributed by atoms with E-state index in [0.717, 1.165) is 48.9 Å². The number of amides is 2. The number of piperazine rings is 1. The number of nitrogen functional groups attached to an aromatic ring is 2. The van der Waals surface area contributed by atoms with Crippen LogP contribution in [0.3, 0.4) is 0 Å². The van der Waals surface area contributed by atoms with Crippen molar-refractivity contribution >= 4 is 45.7 Å². The number of nitrogens with zero attached hydrogens (tertiary/aromatic N) is 5. The molecular weight excluding hydrogens is 592 g/mol. The molecule has 1 aliphatic carbocycles. The third kappa shape index (κ3) is 7.14. The number of carbonyl (C=O) groups excluding carboxylic acids is 2. The highest BCUT2D eigenvalue weighted by Gasteiger charge is 2.44. The third-order valence-electron chi connectivity index (χ3n) is 9.04. The minimum absolute atomic E-state index is 0.0312. The van der Waals surface area contributed by atoms with Gasteiger partial charge >= 0.3 is 6.09 Å². The highest BCUT2D eigenvalue weighted by Crippen LogP contribution is 2.52. The number of likely N-dealkylation sites (N-methyl/N-ethyl adjacent to an activating group) is 1. The van der Waals surface area contributed by atoms with E-state index in [2.05, 4.69) is 28.8 Å². The Morgan fingerprint density at radius 1 is 1.07 bits per heavy atom. The zero-order chi connectivity index (χ0) is 32.7. The van der Waals surface area contributed by atoms with Crippen LogP contribution < -0.4 is 26.8 Å². The van der Waals surface area contributed by atoms with Crippen molar-refractivity contribution in [3.05, 3.63) is 28.3 Å². The molecule has 4 heterocycles. The number of fused-ring (bicyclic) bond motifs is 1. The van der Waals surface area contributed by atoms with E-state index >= 15 is 0 Å². The number of thiophene rings is 1. The lowest BCUT2D eigenvalue weighted by Gasteiger charge is -2.35. The normalized spacial score (nSPS) is 23.5. The Kier molecular flexibility index (Phi) is 9.23. The van der Waals surface area contributed by atoms with Crippen molar-refractivity contribution in [2.24, 2.45) is 10.7 Å². The molecule has 2 amide bonds. The van der Waals surface area contributed by atoms with Crippen LogP contribution in [0.1, 0.15) is 82.4 Å². The molecule has 0 saturated carbocycles. The minimum atomic E-state index is -0.929. The lowest BCUT2D eigenvalue weighted by molar-refractivity contribution is -0.123. The summed E-state index contributed by atoms with van der Waals surface area (Å²) in [6, 6.07) is 3.68. The number of carbonyl (C=O) groups is 2. The summed E-state index contributed by atoms with van der Waals surface area (Å²) in [4.78, 5) is 42.9. The number of nitrogens with two attached hydrogens (primary N) is 3. The number of ether oxygens (including phenoxy) is 2. The predicted molar refractivity (Wildman–Crippen MR) is 179 cm³/mol. The average molecular weight is 641 g/mol. The molecule has 6 N–H and O–H groups in total. The van der Waals surface area contributed by atoms with Crippen LogP contribution in [0.4, 0.5) is 21.3 Å². The fourth-order valence-corrected chi connectivity index (χ4v) is 7.43. The second-order valence-electron chi connectivity index (χ2n) is 13.8. The minimum Gasteiger partial charge on any atom is -0.490 e. The van der Waals surface area contributed by atoms with Gasteiger partial charge in [-0.3, -0.25) is 4.79 Å². The van der Waals surface area contributed by atoms with Crippen molar-refractivity contribution < 1.29 is 19.1 Å². The van der Waals surface area contributed by atoms with Crippen molar-refractivity contribution in [3.63, 3.8) is 0 Å². The fourth-order valence-electron chi connectivity index (χ4n) is 6.23. The summed E-state index contributed by atoms with van der Waals surface area (Å²) in [6.45, 7) is 14.1. The van der Waals surface area contributed by atoms with Crippen LogP contribution in [0, 0.1) is 0 Å². The molecule has 12 nitrogen and oxygen atoms in total. The molecule has 0 aromatic carbocycles. The summed E-state index contributed by atoms with van der Waals surface area (Å²) in [5.41, 5.74) is 19.3. The Labute approximate surface area is 269 Å². The Balaban J connectivity index is 1.39. The maximum Gasteiger partial charge on any atom is 0.410 e. The summed E-state index contributed by atoms with van der Waals surface area (Å²) in [5.74, 6) is 1.27. The third-order valence-corrected chi connectivity index (χ3v) is 10.3. The molecule has 0 radical (unpaired) electrons. The number of aromatic nitrogens is 1. The number of amidine groups is 1. The lowest BCUT2D eigenvalue weighted by atomic mass is 9.70. The number of pyridine rings is 1. The van der Waals surface area contributed by atoms with Gasteiger partial charge in [-0.15, -0.1) is 11.3 Å². The molecule has 2 aliphatic heterocycles. The molecule has 3 aliphatic rings. The molecule has 13 heteroatoms. The Hall–Kier alpha value is -3.58. The van der Waals surface area contributed by atoms with Crippen LogP contribution in [-0.2, 0) is 14.9 Å². The molecule has 2 unspecified atom stereocenters. The van der Waals surface area contributed by atoms with Gasteiger partial charge in [-0.05, 0) is 53.5 Å². The maximum absolute atomic E-state index is 13.9. The van der Waals surface area contributed by atoms with Crippen molar-refractivity contribution in [1.82, 2.24) is 14.8 Å². The first-order chi connectivity index (χ1) is 21.1. The number of hydrogen-bond donors (Lipinski definition) is 3. The van der Waals surface area contributed by atoms with E-state index < -0.39 is 11.0 Å². The largest absolute Gasteiger partial charge is 0.490 e. The standard InChI is InChI=1S/C32H48N8O4S/c1-19-7-10-32(5,24-25(33)28(35)45-26(19)24)29(41)37-27(34)22-17-21(18-23(36-22)39-15-13-38(6)14-16-39)43-20-8-11-40(12-9-20)30(42)44-31(2,3)4/h17-20H,7-16,33,35H2,1-6H3,(H2,34,37,41). The summed E-state index contributed by atoms with van der Waals surface area (Å²) in [7, 11) is 2.10. The van der Waals surface area contributed by atoms with Crippen molar-refractivity contribution in [3.8, 4) is 5.75 Å². The Morgan fingerprint density at radius 2 is 1.73 bits per heavy atom. The zero-order valence-corrected chi connectivity index (χ0v) is 28.2. The second kappa shape index (κ2) is 12.7. The molecule has 0 spiro atoms. The summed E-state index contributed by atoms with van der Waals surface area (Å²) in [5, 5.41) is 0.532. The van der Waals surface area contributed by atoms with E-state index in [1.807, 2.05) is 33.8 Å². The predicted octanol–water partition coefficient (Wildman–Crippen LogP) is 3.92. The van der Waals surface area contributed by atoms with Crippen molar-refractivity contribution in [2.75, 3.05) is 62.7 Å². The first kappa shape index (κ1) is 32.8. The van der Waals surface area contributed by atoms with E-state index in [0.29, 0.717) is 54.5 Å². The Bertz CT molecular complexity index is 1450. The smallest absolute Gasteiger partial charge is 0.410 e. The van der Waals surface area contributed by atoms with Gasteiger partial charge in [0.25, 0.3) is 5.91 Å². The van der Waals surface area contributed by atoms with Crippen LogP contribution in [0.25, 0.3) is 0 Å².